The molecule has 0 saturated carbocycles. The molecule has 0 aromatic carbocycles. The predicted molar refractivity (Wildman–Crippen MR) is 47.5 cm³/mol. The fourth-order valence-electron chi connectivity index (χ4n) is 1.56. The van der Waals surface area contributed by atoms with Gasteiger partial charge in [0.05, 0.1) is 0 Å². The Labute approximate surface area is 73.1 Å². The average molecular weight is 166 g/mol. The number of rotatable bonds is 2. The van der Waals surface area contributed by atoms with Gasteiger partial charge in [-0.3, -0.25) is 4.79 Å². The van der Waals surface area contributed by atoms with Crippen LogP contribution in [0.5, 0.6) is 0 Å². The van der Waals surface area contributed by atoms with Gasteiger partial charge in [0.15, 0.2) is 0 Å². The largest absolute Gasteiger partial charge is 0.328 e. The third kappa shape index (κ3) is 1.77. The van der Waals surface area contributed by atoms with Crippen molar-refractivity contribution >= 4 is 5.91 Å². The van der Waals surface area contributed by atoms with Crippen molar-refractivity contribution in [3.05, 3.63) is 0 Å². The zero-order valence-corrected chi connectivity index (χ0v) is 7.34. The van der Waals surface area contributed by atoms with Crippen LogP contribution in [0.3, 0.4) is 0 Å². The second kappa shape index (κ2) is 4.13. The standard InChI is InChI=1S/C9H14N2O/c1-3-9(12)11(4-2)8-5-6-10-7-8/h1,8,10H,4-7H2,2H3. The number of carbonyl (C=O) groups is 1. The molecule has 1 heterocycles. The van der Waals surface area contributed by atoms with E-state index in [4.69, 9.17) is 6.42 Å². The van der Waals surface area contributed by atoms with Gasteiger partial charge < -0.3 is 10.2 Å². The number of hydrogen-bond donors (Lipinski definition) is 1. The highest BCUT2D eigenvalue weighted by atomic mass is 16.2. The van der Waals surface area contributed by atoms with E-state index < -0.39 is 0 Å². The van der Waals surface area contributed by atoms with Crippen LogP contribution in [-0.4, -0.2) is 36.5 Å². The molecule has 0 aromatic heterocycles. The topological polar surface area (TPSA) is 32.3 Å². The van der Waals surface area contributed by atoms with E-state index in [-0.39, 0.29) is 5.91 Å². The van der Waals surface area contributed by atoms with E-state index in [0.717, 1.165) is 19.5 Å². The molecule has 1 unspecified atom stereocenters. The summed E-state index contributed by atoms with van der Waals surface area (Å²) in [5.41, 5.74) is 0. The summed E-state index contributed by atoms with van der Waals surface area (Å²) in [4.78, 5) is 12.9. The molecule has 1 aliphatic heterocycles. The van der Waals surface area contributed by atoms with Gasteiger partial charge in [0.2, 0.25) is 0 Å². The lowest BCUT2D eigenvalue weighted by molar-refractivity contribution is -0.126. The molecule has 0 aromatic rings. The Morgan fingerprint density at radius 3 is 3.00 bits per heavy atom. The predicted octanol–water partition coefficient (Wildman–Crippen LogP) is -0.170. The highest BCUT2D eigenvalue weighted by Gasteiger charge is 2.23. The van der Waals surface area contributed by atoms with Crippen LogP contribution in [0, 0.1) is 12.3 Å². The van der Waals surface area contributed by atoms with Gasteiger partial charge in [-0.2, -0.15) is 0 Å². The molecular formula is C9H14N2O. The average Bonchev–Trinajstić information content (AvgIpc) is 2.58. The van der Waals surface area contributed by atoms with Gasteiger partial charge in [0, 0.05) is 19.1 Å². The fourth-order valence-corrected chi connectivity index (χ4v) is 1.56. The Bertz CT molecular complexity index is 201. The number of nitrogens with zero attached hydrogens (tertiary/aromatic N) is 1. The first-order valence-corrected chi connectivity index (χ1v) is 4.27. The van der Waals surface area contributed by atoms with E-state index in [9.17, 15) is 4.79 Å². The lowest BCUT2D eigenvalue weighted by Crippen LogP contribution is -2.40. The van der Waals surface area contributed by atoms with Crippen molar-refractivity contribution in [2.45, 2.75) is 19.4 Å². The summed E-state index contributed by atoms with van der Waals surface area (Å²) in [5.74, 6) is 1.96. The number of hydrogen-bond acceptors (Lipinski definition) is 2. The molecule has 0 aliphatic carbocycles. The number of likely N-dealkylation sites (N-methyl/N-ethyl adjacent to an activating group) is 1. The second-order valence-electron chi connectivity index (χ2n) is 2.88. The quantitative estimate of drug-likeness (QED) is 0.578. The van der Waals surface area contributed by atoms with Crippen LogP contribution in [0.15, 0.2) is 0 Å². The number of terminal acetylenes is 1. The molecule has 66 valence electrons. The summed E-state index contributed by atoms with van der Waals surface area (Å²) in [6.45, 7) is 4.52. The van der Waals surface area contributed by atoms with Gasteiger partial charge in [-0.25, -0.2) is 0 Å². The van der Waals surface area contributed by atoms with Crippen LogP contribution in [-0.2, 0) is 4.79 Å². The normalized spacial score (nSPS) is 21.8. The maximum atomic E-state index is 11.2. The maximum Gasteiger partial charge on any atom is 0.298 e. The smallest absolute Gasteiger partial charge is 0.298 e. The van der Waals surface area contributed by atoms with E-state index in [1.54, 1.807) is 4.90 Å². The lowest BCUT2D eigenvalue weighted by Gasteiger charge is -2.24. The molecule has 1 atom stereocenters. The Morgan fingerprint density at radius 2 is 2.58 bits per heavy atom. The summed E-state index contributed by atoms with van der Waals surface area (Å²) >= 11 is 0. The molecule has 1 N–H and O–H groups in total. The van der Waals surface area contributed by atoms with E-state index in [1.165, 1.54) is 0 Å². The van der Waals surface area contributed by atoms with Crippen molar-refractivity contribution in [1.29, 1.82) is 0 Å². The van der Waals surface area contributed by atoms with E-state index in [0.29, 0.717) is 12.6 Å². The van der Waals surface area contributed by atoms with Crippen LogP contribution >= 0.6 is 0 Å². The molecule has 1 saturated heterocycles. The van der Waals surface area contributed by atoms with Crippen molar-refractivity contribution in [2.24, 2.45) is 0 Å². The summed E-state index contributed by atoms with van der Waals surface area (Å²) in [5, 5.41) is 3.20. The molecule has 3 heteroatoms. The van der Waals surface area contributed by atoms with Gasteiger partial charge in [-0.05, 0) is 25.8 Å². The highest BCUT2D eigenvalue weighted by molar-refractivity contribution is 5.93. The number of amides is 1. The number of nitrogens with one attached hydrogen (secondary N) is 1. The van der Waals surface area contributed by atoms with Gasteiger partial charge in [0.1, 0.15) is 0 Å². The monoisotopic (exact) mass is 166 g/mol. The first-order valence-electron chi connectivity index (χ1n) is 4.27. The Balaban J connectivity index is 2.55. The van der Waals surface area contributed by atoms with Gasteiger partial charge in [0.25, 0.3) is 5.91 Å². The van der Waals surface area contributed by atoms with Gasteiger partial charge in [-0.1, -0.05) is 0 Å². The third-order valence-corrected chi connectivity index (χ3v) is 2.20. The second-order valence-corrected chi connectivity index (χ2v) is 2.88. The summed E-state index contributed by atoms with van der Waals surface area (Å²) in [6.07, 6.45) is 6.07. The SMILES string of the molecule is C#CC(=O)N(CC)C1CCNC1. The molecule has 1 fully saturated rings. The molecule has 0 spiro atoms. The van der Waals surface area contributed by atoms with Crippen molar-refractivity contribution in [2.75, 3.05) is 19.6 Å². The van der Waals surface area contributed by atoms with Gasteiger partial charge in [-0.15, -0.1) is 6.42 Å². The summed E-state index contributed by atoms with van der Waals surface area (Å²) < 4.78 is 0. The first-order chi connectivity index (χ1) is 5.79. The van der Waals surface area contributed by atoms with E-state index >= 15 is 0 Å². The van der Waals surface area contributed by atoms with Crippen molar-refractivity contribution < 1.29 is 4.79 Å². The van der Waals surface area contributed by atoms with Gasteiger partial charge >= 0.3 is 0 Å². The molecule has 0 radical (unpaired) electrons. The third-order valence-electron chi connectivity index (χ3n) is 2.20. The summed E-state index contributed by atoms with van der Waals surface area (Å²) in [7, 11) is 0. The van der Waals surface area contributed by atoms with Crippen molar-refractivity contribution in [3.63, 3.8) is 0 Å². The lowest BCUT2D eigenvalue weighted by atomic mass is 10.2. The molecule has 1 rings (SSSR count). The first kappa shape index (κ1) is 9.08. The van der Waals surface area contributed by atoms with Crippen LogP contribution < -0.4 is 5.32 Å². The molecule has 1 aliphatic rings. The molecular weight excluding hydrogens is 152 g/mol. The minimum Gasteiger partial charge on any atom is -0.328 e. The van der Waals surface area contributed by atoms with Crippen molar-refractivity contribution in [3.8, 4) is 12.3 Å². The van der Waals surface area contributed by atoms with E-state index in [1.807, 2.05) is 6.92 Å². The van der Waals surface area contributed by atoms with Crippen LogP contribution in [0.1, 0.15) is 13.3 Å². The highest BCUT2D eigenvalue weighted by Crippen LogP contribution is 2.07. The van der Waals surface area contributed by atoms with Crippen molar-refractivity contribution in [1.82, 2.24) is 10.2 Å². The van der Waals surface area contributed by atoms with Crippen LogP contribution in [0.2, 0.25) is 0 Å². The Kier molecular flexibility index (Phi) is 3.12. The maximum absolute atomic E-state index is 11.2. The molecule has 3 nitrogen and oxygen atoms in total. The summed E-state index contributed by atoms with van der Waals surface area (Å²) in [6, 6.07) is 0.304. The number of carbonyl (C=O) groups excluding carboxylic acids is 1. The van der Waals surface area contributed by atoms with Crippen LogP contribution in [0.25, 0.3) is 0 Å². The van der Waals surface area contributed by atoms with E-state index in [2.05, 4.69) is 11.2 Å². The Hall–Kier alpha value is -1.01. The van der Waals surface area contributed by atoms with Crippen LogP contribution in [0.4, 0.5) is 0 Å². The molecule has 1 amide bonds. The molecule has 12 heavy (non-hydrogen) atoms. The zero-order chi connectivity index (χ0) is 8.97. The minimum atomic E-state index is -0.189. The minimum absolute atomic E-state index is 0.189. The Morgan fingerprint density at radius 1 is 1.83 bits per heavy atom. The zero-order valence-electron chi connectivity index (χ0n) is 7.34. The fraction of sp³-hybridized carbons (Fsp3) is 0.667. The molecule has 0 bridgehead atoms.